The van der Waals surface area contributed by atoms with Gasteiger partial charge < -0.3 is 10.4 Å². The van der Waals surface area contributed by atoms with Gasteiger partial charge in [0, 0.05) is 0 Å². The Balaban J connectivity index is 3.00. The summed E-state index contributed by atoms with van der Waals surface area (Å²) in [6.07, 6.45) is 0. The highest BCUT2D eigenvalue weighted by molar-refractivity contribution is 5.81. The van der Waals surface area contributed by atoms with Crippen LogP contribution in [0.3, 0.4) is 0 Å². The molecule has 1 aromatic carbocycles. The van der Waals surface area contributed by atoms with E-state index in [0.29, 0.717) is 0 Å². The Kier molecular flexibility index (Phi) is 2.93. The molecule has 5 heteroatoms. The molecule has 0 saturated heterocycles. The second-order valence-electron chi connectivity index (χ2n) is 3.66. The maximum Gasteiger partial charge on any atom is 0.328 e. The SMILES string of the molecule is CC(C)(Nc1cccc(F)c1F)C(=O)O. The van der Waals surface area contributed by atoms with Gasteiger partial charge in [0.2, 0.25) is 0 Å². The molecule has 0 aliphatic carbocycles. The number of hydrogen-bond acceptors (Lipinski definition) is 2. The molecule has 82 valence electrons. The molecule has 0 amide bonds. The number of rotatable bonds is 3. The molecule has 0 bridgehead atoms. The third kappa shape index (κ3) is 2.43. The number of carboxylic acid groups (broad SMARTS) is 1. The maximum atomic E-state index is 13.2. The van der Waals surface area contributed by atoms with Gasteiger partial charge in [-0.25, -0.2) is 13.6 Å². The van der Waals surface area contributed by atoms with Crippen LogP contribution in [0.25, 0.3) is 0 Å². The van der Waals surface area contributed by atoms with Crippen LogP contribution in [0.4, 0.5) is 14.5 Å². The van der Waals surface area contributed by atoms with E-state index in [1.165, 1.54) is 26.0 Å². The fraction of sp³-hybridized carbons (Fsp3) is 0.300. The molecule has 3 nitrogen and oxygen atoms in total. The minimum Gasteiger partial charge on any atom is -0.480 e. The Morgan fingerprint density at radius 2 is 2.00 bits per heavy atom. The van der Waals surface area contributed by atoms with Gasteiger partial charge in [-0.2, -0.15) is 0 Å². The van der Waals surface area contributed by atoms with Crippen LogP contribution >= 0.6 is 0 Å². The molecule has 0 unspecified atom stereocenters. The fourth-order valence-corrected chi connectivity index (χ4v) is 0.990. The molecule has 0 spiro atoms. The lowest BCUT2D eigenvalue weighted by Crippen LogP contribution is -2.40. The van der Waals surface area contributed by atoms with Gasteiger partial charge in [0.1, 0.15) is 5.54 Å². The van der Waals surface area contributed by atoms with Gasteiger partial charge in [-0.1, -0.05) is 6.07 Å². The number of halogens is 2. The van der Waals surface area contributed by atoms with Gasteiger partial charge in [-0.15, -0.1) is 0 Å². The topological polar surface area (TPSA) is 49.3 Å². The van der Waals surface area contributed by atoms with E-state index in [2.05, 4.69) is 5.32 Å². The number of aliphatic carboxylic acids is 1. The zero-order valence-corrected chi connectivity index (χ0v) is 8.34. The Hall–Kier alpha value is -1.65. The molecule has 0 heterocycles. The molecule has 0 saturated carbocycles. The average Bonchev–Trinajstić information content (AvgIpc) is 2.12. The number of nitrogens with one attached hydrogen (secondary N) is 1. The average molecular weight is 215 g/mol. The van der Waals surface area contributed by atoms with E-state index in [-0.39, 0.29) is 5.69 Å². The molecule has 0 aromatic heterocycles. The lowest BCUT2D eigenvalue weighted by Gasteiger charge is -2.22. The van der Waals surface area contributed by atoms with Crippen molar-refractivity contribution < 1.29 is 18.7 Å². The van der Waals surface area contributed by atoms with Crippen LogP contribution in [0.15, 0.2) is 18.2 Å². The van der Waals surface area contributed by atoms with Crippen molar-refractivity contribution in [3.05, 3.63) is 29.8 Å². The van der Waals surface area contributed by atoms with E-state index in [4.69, 9.17) is 5.11 Å². The van der Waals surface area contributed by atoms with E-state index in [9.17, 15) is 13.6 Å². The van der Waals surface area contributed by atoms with Crippen molar-refractivity contribution in [1.82, 2.24) is 0 Å². The monoisotopic (exact) mass is 215 g/mol. The Morgan fingerprint density at radius 3 is 2.53 bits per heavy atom. The van der Waals surface area contributed by atoms with Gasteiger partial charge in [-0.05, 0) is 26.0 Å². The quantitative estimate of drug-likeness (QED) is 0.812. The summed E-state index contributed by atoms with van der Waals surface area (Å²) in [5, 5.41) is 11.2. The third-order valence-corrected chi connectivity index (χ3v) is 1.93. The molecule has 1 rings (SSSR count). The van der Waals surface area contributed by atoms with Crippen LogP contribution in [-0.2, 0) is 4.79 Å². The van der Waals surface area contributed by atoms with Crippen molar-refractivity contribution >= 4 is 11.7 Å². The number of anilines is 1. The molecule has 15 heavy (non-hydrogen) atoms. The lowest BCUT2D eigenvalue weighted by molar-refractivity contribution is -0.141. The Bertz CT molecular complexity index is 391. The number of benzene rings is 1. The molecule has 0 aliphatic rings. The first-order valence-electron chi connectivity index (χ1n) is 4.30. The second-order valence-corrected chi connectivity index (χ2v) is 3.66. The van der Waals surface area contributed by atoms with Crippen LogP contribution in [-0.4, -0.2) is 16.6 Å². The van der Waals surface area contributed by atoms with E-state index >= 15 is 0 Å². The molecular weight excluding hydrogens is 204 g/mol. The van der Waals surface area contributed by atoms with Crippen molar-refractivity contribution in [2.75, 3.05) is 5.32 Å². The van der Waals surface area contributed by atoms with E-state index < -0.39 is 23.1 Å². The molecule has 0 aliphatic heterocycles. The number of carboxylic acids is 1. The number of carbonyl (C=O) groups is 1. The van der Waals surface area contributed by atoms with E-state index in [1.54, 1.807) is 0 Å². The van der Waals surface area contributed by atoms with Crippen LogP contribution in [0.1, 0.15) is 13.8 Å². The van der Waals surface area contributed by atoms with Gasteiger partial charge in [-0.3, -0.25) is 0 Å². The van der Waals surface area contributed by atoms with Crippen molar-refractivity contribution in [2.45, 2.75) is 19.4 Å². The van der Waals surface area contributed by atoms with Crippen LogP contribution < -0.4 is 5.32 Å². The summed E-state index contributed by atoms with van der Waals surface area (Å²) in [6, 6.07) is 3.55. The summed E-state index contributed by atoms with van der Waals surface area (Å²) in [4.78, 5) is 10.7. The van der Waals surface area contributed by atoms with Gasteiger partial charge in [0.15, 0.2) is 11.6 Å². The highest BCUT2D eigenvalue weighted by Gasteiger charge is 2.28. The molecule has 0 fully saturated rings. The minimum atomic E-state index is -1.35. The predicted octanol–water partition coefficient (Wildman–Crippen LogP) is 2.24. The van der Waals surface area contributed by atoms with Gasteiger partial charge >= 0.3 is 5.97 Å². The smallest absolute Gasteiger partial charge is 0.328 e. The van der Waals surface area contributed by atoms with Crippen molar-refractivity contribution in [1.29, 1.82) is 0 Å². The summed E-state index contributed by atoms with van der Waals surface area (Å²) in [6.45, 7) is 2.72. The maximum absolute atomic E-state index is 13.2. The minimum absolute atomic E-state index is 0.164. The van der Waals surface area contributed by atoms with E-state index in [0.717, 1.165) is 6.07 Å². The predicted molar refractivity (Wildman–Crippen MR) is 51.7 cm³/mol. The van der Waals surface area contributed by atoms with Gasteiger partial charge in [0.25, 0.3) is 0 Å². The Labute approximate surface area is 85.7 Å². The highest BCUT2D eigenvalue weighted by atomic mass is 19.2. The molecule has 0 atom stereocenters. The summed E-state index contributed by atoms with van der Waals surface area (Å²) >= 11 is 0. The second kappa shape index (κ2) is 3.84. The zero-order chi connectivity index (χ0) is 11.6. The molecule has 2 N–H and O–H groups in total. The zero-order valence-electron chi connectivity index (χ0n) is 8.34. The van der Waals surface area contributed by atoms with Crippen molar-refractivity contribution in [2.24, 2.45) is 0 Å². The van der Waals surface area contributed by atoms with E-state index in [1.807, 2.05) is 0 Å². The van der Waals surface area contributed by atoms with Crippen LogP contribution in [0, 0.1) is 11.6 Å². The fourth-order valence-electron chi connectivity index (χ4n) is 0.990. The van der Waals surface area contributed by atoms with Crippen molar-refractivity contribution in [3.8, 4) is 0 Å². The summed E-state index contributed by atoms with van der Waals surface area (Å²) in [7, 11) is 0. The third-order valence-electron chi connectivity index (χ3n) is 1.93. The van der Waals surface area contributed by atoms with Crippen LogP contribution in [0.5, 0.6) is 0 Å². The largest absolute Gasteiger partial charge is 0.480 e. The highest BCUT2D eigenvalue weighted by Crippen LogP contribution is 2.20. The lowest BCUT2D eigenvalue weighted by atomic mass is 10.1. The van der Waals surface area contributed by atoms with Gasteiger partial charge in [0.05, 0.1) is 5.69 Å². The summed E-state index contributed by atoms with van der Waals surface area (Å²) in [5.74, 6) is -3.24. The normalized spacial score (nSPS) is 11.2. The summed E-state index contributed by atoms with van der Waals surface area (Å²) in [5.41, 5.74) is -1.52. The molecule has 0 radical (unpaired) electrons. The van der Waals surface area contributed by atoms with Crippen LogP contribution in [0.2, 0.25) is 0 Å². The first-order chi connectivity index (χ1) is 6.84. The van der Waals surface area contributed by atoms with Crippen molar-refractivity contribution in [3.63, 3.8) is 0 Å². The first kappa shape index (κ1) is 11.4. The Morgan fingerprint density at radius 1 is 1.40 bits per heavy atom. The molecule has 1 aromatic rings. The number of hydrogen-bond donors (Lipinski definition) is 2. The molecular formula is C10H11F2NO2. The first-order valence-corrected chi connectivity index (χ1v) is 4.30. The summed E-state index contributed by atoms with van der Waals surface area (Å²) < 4.78 is 26.0. The standard InChI is InChI=1S/C10H11F2NO2/c1-10(2,9(14)15)13-7-5-3-4-6(11)8(7)12/h3-5,13H,1-2H3,(H,14,15).